The van der Waals surface area contributed by atoms with Crippen molar-refractivity contribution in [1.29, 1.82) is 0 Å². The van der Waals surface area contributed by atoms with Gasteiger partial charge in [-0.05, 0) is 36.6 Å². The molecular weight excluding hydrogens is 282 g/mol. The van der Waals surface area contributed by atoms with E-state index in [0.717, 1.165) is 30.8 Å². The molecule has 1 aromatic carbocycles. The molecule has 0 saturated heterocycles. The molecule has 1 aliphatic rings. The van der Waals surface area contributed by atoms with Gasteiger partial charge in [0, 0.05) is 24.0 Å². The summed E-state index contributed by atoms with van der Waals surface area (Å²) in [5, 5.41) is 0.716. The minimum absolute atomic E-state index is 0.188. The molecule has 2 rings (SSSR count). The molecule has 1 aromatic rings. The molecule has 92 valence electrons. The number of alkyl halides is 1. The number of methoxy groups -OCH3 is 1. The van der Waals surface area contributed by atoms with Crippen LogP contribution in [0, 0.1) is 0 Å². The van der Waals surface area contributed by atoms with E-state index in [9.17, 15) is 4.79 Å². The number of aryl methyl sites for hydroxylation is 1. The number of fused-ring (bicyclic) bond motifs is 1. The number of hydrogen-bond donors (Lipinski definition) is 0. The molecule has 0 fully saturated rings. The van der Waals surface area contributed by atoms with Crippen LogP contribution in [-0.2, 0) is 11.2 Å². The summed E-state index contributed by atoms with van der Waals surface area (Å²) in [6.07, 6.45) is 2.59. The number of amides is 1. The predicted octanol–water partition coefficient (Wildman–Crippen LogP) is 2.76. The molecule has 0 saturated carbocycles. The number of benzene rings is 1. The van der Waals surface area contributed by atoms with Gasteiger partial charge in [-0.3, -0.25) is 4.79 Å². The summed E-state index contributed by atoms with van der Waals surface area (Å²) in [7, 11) is 1.66. The van der Waals surface area contributed by atoms with Gasteiger partial charge in [0.2, 0.25) is 5.91 Å². The van der Waals surface area contributed by atoms with Crippen LogP contribution in [0.2, 0.25) is 0 Å². The summed E-state index contributed by atoms with van der Waals surface area (Å²) in [5.74, 6) is 1.05. The van der Waals surface area contributed by atoms with Crippen molar-refractivity contribution in [2.75, 3.05) is 23.9 Å². The number of carbonyl (C=O) groups excluding carboxylic acids is 1. The Kier molecular flexibility index (Phi) is 4.05. The summed E-state index contributed by atoms with van der Waals surface area (Å²) < 4.78 is 5.21. The molecule has 0 unspecified atom stereocenters. The second-order valence-corrected chi connectivity index (χ2v) is 4.88. The summed E-state index contributed by atoms with van der Waals surface area (Å²) >= 11 is 3.31. The van der Waals surface area contributed by atoms with Crippen LogP contribution in [0.3, 0.4) is 0 Å². The molecule has 0 N–H and O–H groups in total. The molecule has 3 nitrogen and oxygen atoms in total. The van der Waals surface area contributed by atoms with Crippen molar-refractivity contribution in [1.82, 2.24) is 0 Å². The first-order valence-corrected chi connectivity index (χ1v) is 6.91. The van der Waals surface area contributed by atoms with Crippen LogP contribution in [0.15, 0.2) is 18.2 Å². The first-order valence-electron chi connectivity index (χ1n) is 5.79. The summed E-state index contributed by atoms with van der Waals surface area (Å²) in [5.41, 5.74) is 2.25. The zero-order valence-corrected chi connectivity index (χ0v) is 11.5. The van der Waals surface area contributed by atoms with Crippen molar-refractivity contribution >= 4 is 27.5 Å². The van der Waals surface area contributed by atoms with Gasteiger partial charge in [0.1, 0.15) is 5.75 Å². The number of nitrogens with zero attached hydrogens (tertiary/aromatic N) is 1. The standard InChI is InChI=1S/C13H16BrNO2/c1-17-11-4-5-12-10(9-11)3-2-8-15(12)13(16)6-7-14/h4-5,9H,2-3,6-8H2,1H3. The van der Waals surface area contributed by atoms with E-state index in [4.69, 9.17) is 4.74 Å². The zero-order chi connectivity index (χ0) is 12.3. The third kappa shape index (κ3) is 2.63. The Morgan fingerprint density at radius 2 is 2.35 bits per heavy atom. The highest BCUT2D eigenvalue weighted by atomic mass is 79.9. The fraction of sp³-hybridized carbons (Fsp3) is 0.462. The molecule has 4 heteroatoms. The van der Waals surface area contributed by atoms with Crippen LogP contribution in [0.1, 0.15) is 18.4 Å². The molecule has 0 spiro atoms. The summed E-state index contributed by atoms with van der Waals surface area (Å²) in [4.78, 5) is 13.9. The average Bonchev–Trinajstić information content (AvgIpc) is 2.37. The number of hydrogen-bond acceptors (Lipinski definition) is 2. The van der Waals surface area contributed by atoms with Crippen molar-refractivity contribution in [3.05, 3.63) is 23.8 Å². The van der Waals surface area contributed by atoms with Gasteiger partial charge in [-0.15, -0.1) is 0 Å². The summed E-state index contributed by atoms with van der Waals surface area (Å²) in [6.45, 7) is 0.825. The van der Waals surface area contributed by atoms with E-state index >= 15 is 0 Å². The number of carbonyl (C=O) groups is 1. The molecule has 17 heavy (non-hydrogen) atoms. The minimum atomic E-state index is 0.188. The molecule has 0 aromatic heterocycles. The maximum Gasteiger partial charge on any atom is 0.227 e. The monoisotopic (exact) mass is 297 g/mol. The predicted molar refractivity (Wildman–Crippen MR) is 72.1 cm³/mol. The van der Waals surface area contributed by atoms with Gasteiger partial charge in [-0.1, -0.05) is 15.9 Å². The van der Waals surface area contributed by atoms with Crippen LogP contribution in [-0.4, -0.2) is 24.9 Å². The van der Waals surface area contributed by atoms with Crippen LogP contribution in [0.4, 0.5) is 5.69 Å². The molecule has 0 radical (unpaired) electrons. The molecule has 1 heterocycles. The van der Waals surface area contributed by atoms with Crippen molar-refractivity contribution in [3.8, 4) is 5.75 Å². The SMILES string of the molecule is COc1ccc2c(c1)CCCN2C(=O)CCBr. The number of halogens is 1. The van der Waals surface area contributed by atoms with Crippen LogP contribution >= 0.6 is 15.9 Å². The third-order valence-electron chi connectivity index (χ3n) is 3.01. The van der Waals surface area contributed by atoms with Crippen molar-refractivity contribution in [2.45, 2.75) is 19.3 Å². The lowest BCUT2D eigenvalue weighted by molar-refractivity contribution is -0.118. The molecule has 1 amide bonds. The maximum atomic E-state index is 12.0. The number of anilines is 1. The Labute approximate surface area is 110 Å². The Morgan fingerprint density at radius 3 is 3.06 bits per heavy atom. The van der Waals surface area contributed by atoms with Crippen molar-refractivity contribution < 1.29 is 9.53 Å². The molecule has 0 aliphatic carbocycles. The van der Waals surface area contributed by atoms with E-state index in [2.05, 4.69) is 15.9 Å². The maximum absolute atomic E-state index is 12.0. The number of rotatable bonds is 3. The van der Waals surface area contributed by atoms with E-state index in [1.165, 1.54) is 5.56 Å². The average molecular weight is 298 g/mol. The van der Waals surface area contributed by atoms with Gasteiger partial charge in [0.25, 0.3) is 0 Å². The van der Waals surface area contributed by atoms with E-state index in [1.807, 2.05) is 23.1 Å². The lowest BCUT2D eigenvalue weighted by Gasteiger charge is -2.29. The number of ether oxygens (including phenoxy) is 1. The largest absolute Gasteiger partial charge is 0.497 e. The van der Waals surface area contributed by atoms with Gasteiger partial charge in [-0.25, -0.2) is 0 Å². The zero-order valence-electron chi connectivity index (χ0n) is 9.91. The lowest BCUT2D eigenvalue weighted by Crippen LogP contribution is -2.35. The molecule has 0 atom stereocenters. The second kappa shape index (κ2) is 5.54. The van der Waals surface area contributed by atoms with Crippen LogP contribution < -0.4 is 9.64 Å². The second-order valence-electron chi connectivity index (χ2n) is 4.08. The minimum Gasteiger partial charge on any atom is -0.497 e. The Hall–Kier alpha value is -1.03. The van der Waals surface area contributed by atoms with Crippen LogP contribution in [0.25, 0.3) is 0 Å². The van der Waals surface area contributed by atoms with Gasteiger partial charge >= 0.3 is 0 Å². The normalized spacial score (nSPS) is 14.4. The van der Waals surface area contributed by atoms with Gasteiger partial charge in [0.15, 0.2) is 0 Å². The fourth-order valence-corrected chi connectivity index (χ4v) is 2.51. The Bertz CT molecular complexity index is 420. The Morgan fingerprint density at radius 1 is 1.53 bits per heavy atom. The topological polar surface area (TPSA) is 29.5 Å². The third-order valence-corrected chi connectivity index (χ3v) is 3.41. The van der Waals surface area contributed by atoms with Gasteiger partial charge < -0.3 is 9.64 Å². The van der Waals surface area contributed by atoms with E-state index in [0.29, 0.717) is 11.8 Å². The van der Waals surface area contributed by atoms with Crippen LogP contribution in [0.5, 0.6) is 5.75 Å². The summed E-state index contributed by atoms with van der Waals surface area (Å²) in [6, 6.07) is 5.93. The molecule has 0 bridgehead atoms. The van der Waals surface area contributed by atoms with Gasteiger partial charge in [0.05, 0.1) is 7.11 Å². The first-order chi connectivity index (χ1) is 8.26. The highest BCUT2D eigenvalue weighted by molar-refractivity contribution is 9.09. The van der Waals surface area contributed by atoms with E-state index < -0.39 is 0 Å². The lowest BCUT2D eigenvalue weighted by atomic mass is 10.0. The molecular formula is C13H16BrNO2. The van der Waals surface area contributed by atoms with Crippen molar-refractivity contribution in [3.63, 3.8) is 0 Å². The quantitative estimate of drug-likeness (QED) is 0.803. The first kappa shape index (κ1) is 12.4. The highest BCUT2D eigenvalue weighted by Gasteiger charge is 2.22. The van der Waals surface area contributed by atoms with E-state index in [-0.39, 0.29) is 5.91 Å². The molecule has 1 aliphatic heterocycles. The van der Waals surface area contributed by atoms with E-state index in [1.54, 1.807) is 7.11 Å². The fourth-order valence-electron chi connectivity index (χ4n) is 2.18. The smallest absolute Gasteiger partial charge is 0.227 e. The highest BCUT2D eigenvalue weighted by Crippen LogP contribution is 2.30. The van der Waals surface area contributed by atoms with Crippen molar-refractivity contribution in [2.24, 2.45) is 0 Å². The Balaban J connectivity index is 2.28. The van der Waals surface area contributed by atoms with Gasteiger partial charge in [-0.2, -0.15) is 0 Å².